The van der Waals surface area contributed by atoms with Crippen molar-refractivity contribution in [3.63, 3.8) is 0 Å². The third kappa shape index (κ3) is 5.06. The number of piperidine rings is 1. The molecule has 182 valence electrons. The Labute approximate surface area is 204 Å². The molecule has 2 fully saturated rings. The van der Waals surface area contributed by atoms with E-state index >= 15 is 0 Å². The van der Waals surface area contributed by atoms with Crippen LogP contribution in [0.15, 0.2) is 42.5 Å². The van der Waals surface area contributed by atoms with Crippen LogP contribution >= 0.6 is 0 Å². The number of hydrogen-bond acceptors (Lipinski definition) is 5. The number of nitrogens with zero attached hydrogens (tertiary/aromatic N) is 1. The minimum absolute atomic E-state index is 0.195. The van der Waals surface area contributed by atoms with Crippen LogP contribution in [0.3, 0.4) is 0 Å². The Balaban J connectivity index is 1.12. The van der Waals surface area contributed by atoms with Crippen molar-refractivity contribution in [1.29, 1.82) is 0 Å². The van der Waals surface area contributed by atoms with Crippen molar-refractivity contribution < 1.29 is 23.9 Å². The Morgan fingerprint density at radius 2 is 1.74 bits per heavy atom. The number of imide groups is 1. The predicted molar refractivity (Wildman–Crippen MR) is 127 cm³/mol. The first-order valence-corrected chi connectivity index (χ1v) is 12.2. The Kier molecular flexibility index (Phi) is 6.53. The third-order valence-electron chi connectivity index (χ3n) is 7.21. The van der Waals surface area contributed by atoms with Crippen molar-refractivity contribution in [1.82, 2.24) is 15.5 Å². The molecule has 2 N–H and O–H groups in total. The molecule has 0 aromatic heterocycles. The van der Waals surface area contributed by atoms with Gasteiger partial charge in [-0.15, -0.1) is 0 Å². The van der Waals surface area contributed by atoms with Gasteiger partial charge in [0.2, 0.25) is 11.8 Å². The fourth-order valence-corrected chi connectivity index (χ4v) is 5.23. The molecule has 1 saturated carbocycles. The summed E-state index contributed by atoms with van der Waals surface area (Å²) in [6, 6.07) is 13.1. The molecule has 5 rings (SSSR count). The van der Waals surface area contributed by atoms with Gasteiger partial charge in [0.15, 0.2) is 0 Å². The van der Waals surface area contributed by atoms with Crippen LogP contribution in [0.2, 0.25) is 0 Å². The summed E-state index contributed by atoms with van der Waals surface area (Å²) in [6.45, 7) is 0.745. The summed E-state index contributed by atoms with van der Waals surface area (Å²) in [6.07, 6.45) is 5.12. The van der Waals surface area contributed by atoms with Gasteiger partial charge in [-0.3, -0.25) is 19.7 Å². The SMILES string of the molecule is O=C1CCC(N2Cc3ccc(CNC(=O)OCc4ccc(C5CCCC5)cc4)cc3C2=O)C(=O)N1. The molecule has 0 radical (unpaired) electrons. The molecule has 1 saturated heterocycles. The largest absolute Gasteiger partial charge is 0.445 e. The monoisotopic (exact) mass is 475 g/mol. The number of ether oxygens (including phenoxy) is 1. The number of hydrogen-bond donors (Lipinski definition) is 2. The molecule has 0 spiro atoms. The highest BCUT2D eigenvalue weighted by atomic mass is 16.5. The van der Waals surface area contributed by atoms with Crippen LogP contribution in [0.5, 0.6) is 0 Å². The smallest absolute Gasteiger partial charge is 0.407 e. The number of alkyl carbamates (subject to hydrolysis) is 1. The van der Waals surface area contributed by atoms with Gasteiger partial charge >= 0.3 is 6.09 Å². The lowest BCUT2D eigenvalue weighted by atomic mass is 9.97. The highest BCUT2D eigenvalue weighted by Crippen LogP contribution is 2.34. The second kappa shape index (κ2) is 9.90. The normalized spacial score (nSPS) is 20.1. The zero-order valence-corrected chi connectivity index (χ0v) is 19.5. The average molecular weight is 476 g/mol. The van der Waals surface area contributed by atoms with Gasteiger partial charge in [0, 0.05) is 25.1 Å². The molecule has 0 bridgehead atoms. The zero-order valence-electron chi connectivity index (χ0n) is 19.5. The molecule has 8 heteroatoms. The van der Waals surface area contributed by atoms with Crippen molar-refractivity contribution in [2.45, 2.75) is 70.2 Å². The summed E-state index contributed by atoms with van der Waals surface area (Å²) < 4.78 is 5.35. The van der Waals surface area contributed by atoms with E-state index in [1.54, 1.807) is 6.07 Å². The average Bonchev–Trinajstić information content (AvgIpc) is 3.51. The number of nitrogens with one attached hydrogen (secondary N) is 2. The van der Waals surface area contributed by atoms with E-state index in [1.807, 2.05) is 24.3 Å². The fourth-order valence-electron chi connectivity index (χ4n) is 5.23. The highest BCUT2D eigenvalue weighted by Gasteiger charge is 2.39. The first-order chi connectivity index (χ1) is 17.0. The van der Waals surface area contributed by atoms with Gasteiger partial charge in [-0.2, -0.15) is 0 Å². The van der Waals surface area contributed by atoms with Gasteiger partial charge in [-0.1, -0.05) is 49.2 Å². The van der Waals surface area contributed by atoms with Gasteiger partial charge in [0.1, 0.15) is 12.6 Å². The minimum Gasteiger partial charge on any atom is -0.445 e. The second-order valence-corrected chi connectivity index (χ2v) is 9.54. The van der Waals surface area contributed by atoms with Gasteiger partial charge < -0.3 is 15.0 Å². The predicted octanol–water partition coefficient (Wildman–Crippen LogP) is 3.53. The lowest BCUT2D eigenvalue weighted by Gasteiger charge is -2.29. The lowest BCUT2D eigenvalue weighted by Crippen LogP contribution is -2.52. The highest BCUT2D eigenvalue weighted by molar-refractivity contribution is 6.05. The molecule has 1 aliphatic carbocycles. The molecule has 2 heterocycles. The van der Waals surface area contributed by atoms with Crippen molar-refractivity contribution in [3.8, 4) is 0 Å². The standard InChI is InChI=1S/C27H29N3O5/c31-24-12-11-23(25(32)29-24)30-15-21-10-7-18(13-22(21)26(30)33)14-28-27(34)35-16-17-5-8-20(9-6-17)19-3-1-2-4-19/h5-10,13,19,23H,1-4,11-12,14-16H2,(H,28,34)(H,29,31,32). The van der Waals surface area contributed by atoms with Crippen LogP contribution < -0.4 is 10.6 Å². The summed E-state index contributed by atoms with van der Waals surface area (Å²) in [5.74, 6) is -0.319. The molecule has 4 amide bonds. The van der Waals surface area contributed by atoms with Crippen LogP contribution in [0.1, 0.15) is 77.1 Å². The molecule has 2 aliphatic heterocycles. The number of carbonyl (C=O) groups excluding carboxylic acids is 4. The van der Waals surface area contributed by atoms with Crippen molar-refractivity contribution in [2.75, 3.05) is 0 Å². The summed E-state index contributed by atoms with van der Waals surface area (Å²) >= 11 is 0. The Hall–Kier alpha value is -3.68. The summed E-state index contributed by atoms with van der Waals surface area (Å²) in [4.78, 5) is 50.2. The van der Waals surface area contributed by atoms with Crippen molar-refractivity contribution in [2.24, 2.45) is 0 Å². The maximum Gasteiger partial charge on any atom is 0.407 e. The van der Waals surface area contributed by atoms with Crippen molar-refractivity contribution in [3.05, 3.63) is 70.3 Å². The van der Waals surface area contributed by atoms with Gasteiger partial charge in [0.05, 0.1) is 0 Å². The molecule has 1 atom stereocenters. The second-order valence-electron chi connectivity index (χ2n) is 9.54. The first kappa shape index (κ1) is 23.1. The van der Waals surface area contributed by atoms with Gasteiger partial charge in [0.25, 0.3) is 5.91 Å². The number of amides is 4. The van der Waals surface area contributed by atoms with E-state index in [1.165, 1.54) is 36.1 Å². The third-order valence-corrected chi connectivity index (χ3v) is 7.21. The molecular formula is C27H29N3O5. The van der Waals surface area contributed by atoms with E-state index in [0.29, 0.717) is 24.4 Å². The molecule has 3 aliphatic rings. The molecular weight excluding hydrogens is 446 g/mol. The maximum atomic E-state index is 12.9. The number of fused-ring (bicyclic) bond motifs is 1. The Morgan fingerprint density at radius 1 is 1.00 bits per heavy atom. The van der Waals surface area contributed by atoms with E-state index in [4.69, 9.17) is 4.74 Å². The van der Waals surface area contributed by atoms with Crippen LogP contribution in [0.4, 0.5) is 4.79 Å². The number of rotatable bonds is 6. The van der Waals surface area contributed by atoms with Crippen molar-refractivity contribution >= 4 is 23.8 Å². The first-order valence-electron chi connectivity index (χ1n) is 12.2. The number of benzene rings is 2. The van der Waals surface area contributed by atoms with Crippen LogP contribution in [-0.2, 0) is 34.0 Å². The van der Waals surface area contributed by atoms with E-state index < -0.39 is 18.0 Å². The summed E-state index contributed by atoms with van der Waals surface area (Å²) in [7, 11) is 0. The van der Waals surface area contributed by atoms with Crippen LogP contribution in [0.25, 0.3) is 0 Å². The Bertz CT molecular complexity index is 1150. The maximum absolute atomic E-state index is 12.9. The van der Waals surface area contributed by atoms with E-state index in [2.05, 4.69) is 22.8 Å². The Morgan fingerprint density at radius 3 is 2.49 bits per heavy atom. The summed E-state index contributed by atoms with van der Waals surface area (Å²) in [5.41, 5.74) is 4.41. The van der Waals surface area contributed by atoms with Gasteiger partial charge in [-0.05, 0) is 53.5 Å². The van der Waals surface area contributed by atoms with E-state index in [9.17, 15) is 19.2 Å². The number of carbonyl (C=O) groups is 4. The molecule has 35 heavy (non-hydrogen) atoms. The topological polar surface area (TPSA) is 105 Å². The minimum atomic E-state index is -0.642. The van der Waals surface area contributed by atoms with E-state index in [0.717, 1.165) is 16.7 Å². The quantitative estimate of drug-likeness (QED) is 0.622. The molecule has 2 aromatic rings. The molecule has 2 aromatic carbocycles. The van der Waals surface area contributed by atoms with Crippen LogP contribution in [0, 0.1) is 0 Å². The van der Waals surface area contributed by atoms with E-state index in [-0.39, 0.29) is 31.4 Å². The lowest BCUT2D eigenvalue weighted by molar-refractivity contribution is -0.136. The van der Waals surface area contributed by atoms with Gasteiger partial charge in [-0.25, -0.2) is 4.79 Å². The zero-order chi connectivity index (χ0) is 24.4. The summed E-state index contributed by atoms with van der Waals surface area (Å²) in [5, 5.41) is 5.03. The fraction of sp³-hybridized carbons (Fsp3) is 0.407. The molecule has 8 nitrogen and oxygen atoms in total. The van der Waals surface area contributed by atoms with Crippen LogP contribution in [-0.4, -0.2) is 34.8 Å². The molecule has 1 unspecified atom stereocenters.